The number of nitrogens with zero attached hydrogens (tertiary/aromatic N) is 1. The molecule has 0 saturated carbocycles. The molecule has 5 N–H and O–H groups in total. The zero-order chi connectivity index (χ0) is 15.1. The third-order valence-corrected chi connectivity index (χ3v) is 3.89. The van der Waals surface area contributed by atoms with Crippen LogP contribution in [0.25, 0.3) is 11.0 Å². The molecule has 3 rings (SSSR count). The summed E-state index contributed by atoms with van der Waals surface area (Å²) >= 11 is 0. The molecular weight excluding hydrogens is 276 g/mol. The highest BCUT2D eigenvalue weighted by Crippen LogP contribution is 2.32. The van der Waals surface area contributed by atoms with Crippen LogP contribution in [0.15, 0.2) is 18.2 Å². The minimum Gasteiger partial charge on any atom is -0.394 e. The summed E-state index contributed by atoms with van der Waals surface area (Å²) in [6.45, 7) is 1.46. The van der Waals surface area contributed by atoms with E-state index in [0.717, 1.165) is 16.6 Å². The van der Waals surface area contributed by atoms with E-state index >= 15 is 0 Å². The van der Waals surface area contributed by atoms with Crippen LogP contribution in [-0.2, 0) is 4.74 Å². The fourth-order valence-electron chi connectivity index (χ4n) is 2.66. The molecule has 0 amide bonds. The molecule has 7 heteroatoms. The second-order valence-electron chi connectivity index (χ2n) is 5.34. The summed E-state index contributed by atoms with van der Waals surface area (Å²) in [5.74, 6) is 0.358. The second-order valence-corrected chi connectivity index (χ2v) is 5.34. The van der Waals surface area contributed by atoms with Gasteiger partial charge in [0.25, 0.3) is 0 Å². The molecule has 0 bridgehead atoms. The first kappa shape index (κ1) is 14.4. The number of imidazole rings is 1. The number of aryl methyl sites for hydroxylation is 1. The number of benzene rings is 1. The van der Waals surface area contributed by atoms with Crippen LogP contribution < -0.4 is 0 Å². The lowest BCUT2D eigenvalue weighted by atomic mass is 9.95. The Hall–Kier alpha value is -1.51. The topological polar surface area (TPSA) is 119 Å². The molecule has 1 aliphatic heterocycles. The lowest BCUT2D eigenvalue weighted by Crippen LogP contribution is -2.55. The maximum absolute atomic E-state index is 10.1. The van der Waals surface area contributed by atoms with Crippen LogP contribution in [0.4, 0.5) is 0 Å². The van der Waals surface area contributed by atoms with Crippen LogP contribution >= 0.6 is 0 Å². The first-order chi connectivity index (χ1) is 10.0. The molecule has 1 aliphatic rings. The van der Waals surface area contributed by atoms with Crippen molar-refractivity contribution in [3.05, 3.63) is 29.6 Å². The van der Waals surface area contributed by atoms with Gasteiger partial charge >= 0.3 is 0 Å². The van der Waals surface area contributed by atoms with E-state index in [0.29, 0.717) is 5.82 Å². The molecule has 0 unspecified atom stereocenters. The molecule has 0 radical (unpaired) electrons. The summed E-state index contributed by atoms with van der Waals surface area (Å²) < 4.78 is 5.48. The summed E-state index contributed by atoms with van der Waals surface area (Å²) in [5.41, 5.74) is 2.52. The number of hydrogen-bond acceptors (Lipinski definition) is 6. The molecule has 1 aromatic carbocycles. The molecule has 21 heavy (non-hydrogen) atoms. The van der Waals surface area contributed by atoms with E-state index in [-0.39, 0.29) is 0 Å². The Balaban J connectivity index is 1.98. The van der Waals surface area contributed by atoms with Gasteiger partial charge in [-0.3, -0.25) is 0 Å². The maximum Gasteiger partial charge on any atom is 0.144 e. The van der Waals surface area contributed by atoms with Crippen molar-refractivity contribution in [1.29, 1.82) is 0 Å². The van der Waals surface area contributed by atoms with Crippen LogP contribution in [0.5, 0.6) is 0 Å². The fraction of sp³-hybridized carbons (Fsp3) is 0.500. The Morgan fingerprint density at radius 3 is 2.62 bits per heavy atom. The van der Waals surface area contributed by atoms with E-state index in [2.05, 4.69) is 9.97 Å². The molecule has 2 aromatic rings. The largest absolute Gasteiger partial charge is 0.394 e. The normalized spacial score (nSPS) is 33.5. The first-order valence-corrected chi connectivity index (χ1v) is 6.78. The number of H-pyrrole nitrogens is 1. The number of hydrogen-bond donors (Lipinski definition) is 5. The first-order valence-electron chi connectivity index (χ1n) is 6.78. The summed E-state index contributed by atoms with van der Waals surface area (Å²) in [4.78, 5) is 7.45. The molecule has 5 atom stereocenters. The average Bonchev–Trinajstić information content (AvgIpc) is 2.90. The number of rotatable bonds is 2. The maximum atomic E-state index is 10.1. The van der Waals surface area contributed by atoms with Gasteiger partial charge in [-0.15, -0.1) is 0 Å². The van der Waals surface area contributed by atoms with Crippen molar-refractivity contribution in [2.75, 3.05) is 6.61 Å². The van der Waals surface area contributed by atoms with Crippen molar-refractivity contribution in [3.63, 3.8) is 0 Å². The summed E-state index contributed by atoms with van der Waals surface area (Å²) in [7, 11) is 0. The SMILES string of the molecule is Cc1cccc2[nH]c([C@@H]3O[C@H](CO)[C@@H](O)[C@H](O)[C@H]3O)nc12. The van der Waals surface area contributed by atoms with Gasteiger partial charge in [0.1, 0.15) is 36.3 Å². The predicted molar refractivity (Wildman–Crippen MR) is 73.6 cm³/mol. The molecule has 1 fully saturated rings. The van der Waals surface area contributed by atoms with E-state index in [9.17, 15) is 20.4 Å². The van der Waals surface area contributed by atoms with Gasteiger partial charge < -0.3 is 30.1 Å². The van der Waals surface area contributed by atoms with Gasteiger partial charge in [-0.2, -0.15) is 0 Å². The van der Waals surface area contributed by atoms with Crippen molar-refractivity contribution < 1.29 is 25.2 Å². The highest BCUT2D eigenvalue weighted by Gasteiger charge is 2.45. The summed E-state index contributed by atoms with van der Waals surface area (Å²) in [6.07, 6.45) is -5.98. The minimum atomic E-state index is -1.41. The van der Waals surface area contributed by atoms with Gasteiger partial charge in [-0.05, 0) is 18.6 Å². The van der Waals surface area contributed by atoms with Gasteiger partial charge in [-0.25, -0.2) is 4.98 Å². The Morgan fingerprint density at radius 2 is 1.95 bits per heavy atom. The number of aromatic nitrogens is 2. The van der Waals surface area contributed by atoms with E-state index < -0.39 is 37.1 Å². The van der Waals surface area contributed by atoms with Crippen LogP contribution in [0.2, 0.25) is 0 Å². The lowest BCUT2D eigenvalue weighted by molar-refractivity contribution is -0.233. The molecule has 114 valence electrons. The standard InChI is InChI=1S/C14H18N2O5/c1-6-3-2-4-7-9(6)16-14(15-7)13-12(20)11(19)10(18)8(5-17)21-13/h2-4,8,10-13,17-20H,5H2,1H3,(H,15,16)/t8-,10-,11+,12-,13-/m1/s1. The van der Waals surface area contributed by atoms with Crippen molar-refractivity contribution in [3.8, 4) is 0 Å². The van der Waals surface area contributed by atoms with Crippen LogP contribution in [-0.4, -0.2) is 61.4 Å². The molecule has 0 aliphatic carbocycles. The van der Waals surface area contributed by atoms with Gasteiger partial charge in [0.15, 0.2) is 0 Å². The van der Waals surface area contributed by atoms with E-state index in [1.54, 1.807) is 0 Å². The Bertz CT molecular complexity index is 641. The third kappa shape index (κ3) is 2.33. The smallest absolute Gasteiger partial charge is 0.144 e. The van der Waals surface area contributed by atoms with Gasteiger partial charge in [0.2, 0.25) is 0 Å². The number of fused-ring (bicyclic) bond motifs is 1. The highest BCUT2D eigenvalue weighted by molar-refractivity contribution is 5.78. The molecule has 0 spiro atoms. The number of nitrogens with one attached hydrogen (secondary N) is 1. The quantitative estimate of drug-likeness (QED) is 0.504. The third-order valence-electron chi connectivity index (χ3n) is 3.89. The lowest BCUT2D eigenvalue weighted by Gasteiger charge is -2.39. The number of aromatic amines is 1. The number of ether oxygens (including phenoxy) is 1. The van der Waals surface area contributed by atoms with Crippen molar-refractivity contribution >= 4 is 11.0 Å². The van der Waals surface area contributed by atoms with Crippen molar-refractivity contribution in [1.82, 2.24) is 9.97 Å². The second kappa shape index (κ2) is 5.36. The Labute approximate surface area is 120 Å². The highest BCUT2D eigenvalue weighted by atomic mass is 16.5. The van der Waals surface area contributed by atoms with Crippen molar-refractivity contribution in [2.45, 2.75) is 37.4 Å². The Kier molecular flexibility index (Phi) is 3.68. The van der Waals surface area contributed by atoms with Crippen LogP contribution in [0, 0.1) is 6.92 Å². The van der Waals surface area contributed by atoms with Crippen LogP contribution in [0.3, 0.4) is 0 Å². The zero-order valence-corrected chi connectivity index (χ0v) is 11.5. The minimum absolute atomic E-state index is 0.358. The van der Waals surface area contributed by atoms with Gasteiger partial charge in [0, 0.05) is 0 Å². The molecule has 7 nitrogen and oxygen atoms in total. The Morgan fingerprint density at radius 1 is 1.19 bits per heavy atom. The number of aliphatic hydroxyl groups is 4. The van der Waals surface area contributed by atoms with E-state index in [1.165, 1.54) is 0 Å². The van der Waals surface area contributed by atoms with E-state index in [1.807, 2.05) is 25.1 Å². The van der Waals surface area contributed by atoms with Crippen LogP contribution in [0.1, 0.15) is 17.5 Å². The molecule has 1 aromatic heterocycles. The molecular formula is C14H18N2O5. The summed E-state index contributed by atoms with van der Waals surface area (Å²) in [5, 5.41) is 38.9. The van der Waals surface area contributed by atoms with Gasteiger partial charge in [0.05, 0.1) is 17.6 Å². The van der Waals surface area contributed by atoms with E-state index in [4.69, 9.17) is 4.74 Å². The number of para-hydroxylation sites is 1. The zero-order valence-electron chi connectivity index (χ0n) is 11.5. The molecule has 2 heterocycles. The average molecular weight is 294 g/mol. The molecule has 1 saturated heterocycles. The predicted octanol–water partition coefficient (Wildman–Crippen LogP) is -0.614. The monoisotopic (exact) mass is 294 g/mol. The van der Waals surface area contributed by atoms with Gasteiger partial charge in [-0.1, -0.05) is 12.1 Å². The van der Waals surface area contributed by atoms with Crippen molar-refractivity contribution in [2.24, 2.45) is 0 Å². The number of aliphatic hydroxyl groups excluding tert-OH is 4. The fourth-order valence-corrected chi connectivity index (χ4v) is 2.66. The summed E-state index contributed by atoms with van der Waals surface area (Å²) in [6, 6.07) is 5.65.